The number of nitrogens with one attached hydrogen (secondary N) is 1. The molecular weight excluding hydrogens is 310 g/mol. The van der Waals surface area contributed by atoms with Crippen LogP contribution in [0.2, 0.25) is 5.02 Å². The van der Waals surface area contributed by atoms with E-state index in [4.69, 9.17) is 16.3 Å². The zero-order valence-electron chi connectivity index (χ0n) is 12.7. The molecule has 118 valence electrons. The first-order chi connectivity index (χ1) is 11.2. The topological polar surface area (TPSA) is 38.3 Å². The van der Waals surface area contributed by atoms with Crippen LogP contribution in [-0.2, 0) is 10.2 Å². The number of amides is 1. The average molecular weight is 328 g/mol. The summed E-state index contributed by atoms with van der Waals surface area (Å²) in [6, 6.07) is 15.6. The molecule has 2 aliphatic rings. The number of benzene rings is 2. The van der Waals surface area contributed by atoms with Crippen LogP contribution >= 0.6 is 11.6 Å². The minimum absolute atomic E-state index is 0.0252. The molecule has 1 heterocycles. The highest BCUT2D eigenvalue weighted by Crippen LogP contribution is 2.49. The maximum Gasteiger partial charge on any atom is 0.231 e. The molecule has 0 spiro atoms. The van der Waals surface area contributed by atoms with Crippen molar-refractivity contribution in [2.45, 2.75) is 30.7 Å². The van der Waals surface area contributed by atoms with Crippen LogP contribution in [0.3, 0.4) is 0 Å². The Kier molecular flexibility index (Phi) is 3.53. The number of fused-ring (bicyclic) bond motifs is 1. The van der Waals surface area contributed by atoms with Crippen LogP contribution in [0, 0.1) is 0 Å². The minimum atomic E-state index is -0.377. The summed E-state index contributed by atoms with van der Waals surface area (Å²) >= 11 is 5.96. The van der Waals surface area contributed by atoms with Gasteiger partial charge in [0.15, 0.2) is 0 Å². The Morgan fingerprint density at radius 3 is 2.61 bits per heavy atom. The standard InChI is InChI=1S/C19H18ClNO2/c20-14-7-5-13(6-8-14)19(10-11-19)18(22)21-16-9-12-23-17-4-2-1-3-15(16)17/h1-8,16H,9-12H2,(H,21,22)/t16-/m1/s1. The lowest BCUT2D eigenvalue weighted by molar-refractivity contribution is -0.124. The highest BCUT2D eigenvalue weighted by Gasteiger charge is 2.51. The van der Waals surface area contributed by atoms with Gasteiger partial charge in [0, 0.05) is 17.0 Å². The fourth-order valence-electron chi connectivity index (χ4n) is 3.33. The summed E-state index contributed by atoms with van der Waals surface area (Å²) in [7, 11) is 0. The molecule has 0 bridgehead atoms. The summed E-state index contributed by atoms with van der Waals surface area (Å²) in [5, 5.41) is 3.94. The van der Waals surface area contributed by atoms with Crippen molar-refractivity contribution in [2.75, 3.05) is 6.61 Å². The van der Waals surface area contributed by atoms with Gasteiger partial charge < -0.3 is 10.1 Å². The van der Waals surface area contributed by atoms with Gasteiger partial charge in [0.25, 0.3) is 0 Å². The van der Waals surface area contributed by atoms with Crippen LogP contribution < -0.4 is 10.1 Å². The Bertz CT molecular complexity index is 737. The predicted octanol–water partition coefficient (Wildman–Crippen LogP) is 4.01. The number of ether oxygens (including phenoxy) is 1. The third kappa shape index (κ3) is 2.59. The maximum absolute atomic E-state index is 12.9. The van der Waals surface area contributed by atoms with Gasteiger partial charge in [-0.05, 0) is 36.6 Å². The van der Waals surface area contributed by atoms with E-state index in [-0.39, 0.29) is 17.4 Å². The van der Waals surface area contributed by atoms with Gasteiger partial charge in [0.05, 0.1) is 18.1 Å². The van der Waals surface area contributed by atoms with Gasteiger partial charge in [0.2, 0.25) is 5.91 Å². The zero-order chi connectivity index (χ0) is 15.9. The maximum atomic E-state index is 12.9. The quantitative estimate of drug-likeness (QED) is 0.925. The lowest BCUT2D eigenvalue weighted by atomic mass is 9.93. The molecule has 4 heteroatoms. The second kappa shape index (κ2) is 5.57. The average Bonchev–Trinajstić information content (AvgIpc) is 3.38. The van der Waals surface area contributed by atoms with Crippen molar-refractivity contribution in [3.05, 3.63) is 64.7 Å². The van der Waals surface area contributed by atoms with Crippen LogP contribution in [0.25, 0.3) is 0 Å². The normalized spacial score (nSPS) is 21.0. The monoisotopic (exact) mass is 327 g/mol. The van der Waals surface area contributed by atoms with E-state index >= 15 is 0 Å². The molecule has 2 aromatic rings. The predicted molar refractivity (Wildman–Crippen MR) is 89.8 cm³/mol. The van der Waals surface area contributed by atoms with Gasteiger partial charge in [-0.25, -0.2) is 0 Å². The third-order valence-corrected chi connectivity index (χ3v) is 5.10. The SMILES string of the molecule is O=C(N[C@@H]1CCOc2ccccc21)C1(c2ccc(Cl)cc2)CC1. The van der Waals surface area contributed by atoms with Gasteiger partial charge in [-0.15, -0.1) is 0 Å². The first kappa shape index (κ1) is 14.6. The second-order valence-electron chi connectivity index (χ2n) is 6.29. The Hall–Kier alpha value is -2.00. The molecule has 1 fully saturated rings. The zero-order valence-corrected chi connectivity index (χ0v) is 13.5. The van der Waals surface area contributed by atoms with E-state index in [9.17, 15) is 4.79 Å². The van der Waals surface area contributed by atoms with E-state index in [1.807, 2.05) is 48.5 Å². The summed E-state index contributed by atoms with van der Waals surface area (Å²) in [6.45, 7) is 0.635. The molecule has 1 N–H and O–H groups in total. The number of para-hydroxylation sites is 1. The van der Waals surface area contributed by atoms with Crippen LogP contribution in [0.5, 0.6) is 5.75 Å². The first-order valence-corrected chi connectivity index (χ1v) is 8.36. The van der Waals surface area contributed by atoms with Gasteiger partial charge in [-0.2, -0.15) is 0 Å². The fourth-order valence-corrected chi connectivity index (χ4v) is 3.46. The summed E-state index contributed by atoms with van der Waals surface area (Å²) in [6.07, 6.45) is 2.59. The first-order valence-electron chi connectivity index (χ1n) is 7.98. The molecule has 0 unspecified atom stereocenters. The molecule has 4 rings (SSSR count). The van der Waals surface area contributed by atoms with E-state index < -0.39 is 0 Å². The van der Waals surface area contributed by atoms with E-state index in [2.05, 4.69) is 5.32 Å². The number of carbonyl (C=O) groups excluding carboxylic acids is 1. The number of hydrogen-bond acceptors (Lipinski definition) is 2. The molecular formula is C19H18ClNO2. The van der Waals surface area contributed by atoms with E-state index in [1.165, 1.54) is 0 Å². The van der Waals surface area contributed by atoms with Crippen molar-refractivity contribution in [2.24, 2.45) is 0 Å². The highest BCUT2D eigenvalue weighted by atomic mass is 35.5. The molecule has 1 saturated carbocycles. The third-order valence-electron chi connectivity index (χ3n) is 4.85. The van der Waals surface area contributed by atoms with Gasteiger partial charge in [-0.1, -0.05) is 41.9 Å². The summed E-state index contributed by atoms with van der Waals surface area (Å²) in [4.78, 5) is 12.9. The molecule has 23 heavy (non-hydrogen) atoms. The molecule has 0 radical (unpaired) electrons. The van der Waals surface area contributed by atoms with Gasteiger partial charge >= 0.3 is 0 Å². The van der Waals surface area contributed by atoms with Crippen molar-refractivity contribution in [1.29, 1.82) is 0 Å². The molecule has 2 aromatic carbocycles. The minimum Gasteiger partial charge on any atom is -0.493 e. The molecule has 1 aliphatic heterocycles. The van der Waals surface area contributed by atoms with E-state index in [0.717, 1.165) is 36.1 Å². The van der Waals surface area contributed by atoms with Crippen molar-refractivity contribution in [3.8, 4) is 5.75 Å². The largest absolute Gasteiger partial charge is 0.493 e. The van der Waals surface area contributed by atoms with Crippen molar-refractivity contribution in [1.82, 2.24) is 5.32 Å². The smallest absolute Gasteiger partial charge is 0.231 e. The number of carbonyl (C=O) groups is 1. The lowest BCUT2D eigenvalue weighted by Gasteiger charge is -2.28. The van der Waals surface area contributed by atoms with Crippen LogP contribution in [0.15, 0.2) is 48.5 Å². The summed E-state index contributed by atoms with van der Waals surface area (Å²) in [5.74, 6) is 0.988. The Morgan fingerprint density at radius 1 is 1.13 bits per heavy atom. The van der Waals surface area contributed by atoms with Gasteiger partial charge in [0.1, 0.15) is 5.75 Å². The van der Waals surface area contributed by atoms with Crippen molar-refractivity contribution >= 4 is 17.5 Å². The number of rotatable bonds is 3. The number of halogens is 1. The molecule has 1 aliphatic carbocycles. The van der Waals surface area contributed by atoms with Crippen molar-refractivity contribution < 1.29 is 9.53 Å². The second-order valence-corrected chi connectivity index (χ2v) is 6.73. The molecule has 1 amide bonds. The summed E-state index contributed by atoms with van der Waals surface area (Å²) in [5.41, 5.74) is 1.75. The Morgan fingerprint density at radius 2 is 1.87 bits per heavy atom. The van der Waals surface area contributed by atoms with E-state index in [1.54, 1.807) is 0 Å². The van der Waals surface area contributed by atoms with Gasteiger partial charge in [-0.3, -0.25) is 4.79 Å². The Balaban J connectivity index is 1.56. The summed E-state index contributed by atoms with van der Waals surface area (Å²) < 4.78 is 5.67. The fraction of sp³-hybridized carbons (Fsp3) is 0.316. The molecule has 3 nitrogen and oxygen atoms in total. The lowest BCUT2D eigenvalue weighted by Crippen LogP contribution is -2.39. The van der Waals surface area contributed by atoms with E-state index in [0.29, 0.717) is 11.6 Å². The number of hydrogen-bond donors (Lipinski definition) is 1. The van der Waals surface area contributed by atoms with Crippen LogP contribution in [0.1, 0.15) is 36.4 Å². The highest BCUT2D eigenvalue weighted by molar-refractivity contribution is 6.30. The molecule has 0 aromatic heterocycles. The molecule has 1 atom stereocenters. The van der Waals surface area contributed by atoms with Crippen LogP contribution in [-0.4, -0.2) is 12.5 Å². The van der Waals surface area contributed by atoms with Crippen molar-refractivity contribution in [3.63, 3.8) is 0 Å². The van der Waals surface area contributed by atoms with Crippen LogP contribution in [0.4, 0.5) is 0 Å². The molecule has 0 saturated heterocycles. The Labute approximate surface area is 140 Å².